The minimum absolute atomic E-state index is 0.266. The predicted molar refractivity (Wildman–Crippen MR) is 70.7 cm³/mol. The van der Waals surface area contributed by atoms with Crippen molar-refractivity contribution < 1.29 is 22.5 Å². The van der Waals surface area contributed by atoms with E-state index in [9.17, 15) is 8.42 Å². The summed E-state index contributed by atoms with van der Waals surface area (Å²) in [5.41, 5.74) is 2.52. The molecule has 0 radical (unpaired) electrons. The highest BCUT2D eigenvalue weighted by Gasteiger charge is 2.39. The summed E-state index contributed by atoms with van der Waals surface area (Å²) >= 11 is 0. The number of hydrogen-bond donors (Lipinski definition) is 2. The maximum absolute atomic E-state index is 10.6. The lowest BCUT2D eigenvalue weighted by molar-refractivity contribution is -0.326. The lowest BCUT2D eigenvalue weighted by Gasteiger charge is -2.43. The van der Waals surface area contributed by atoms with Gasteiger partial charge in [0.1, 0.15) is 0 Å². The molecular weight excluding hydrogens is 272 g/mol. The molecular formula is C11H24N2O5S. The Morgan fingerprint density at radius 2 is 1.89 bits per heavy atom. The van der Waals surface area contributed by atoms with E-state index in [1.165, 1.54) is 6.42 Å². The van der Waals surface area contributed by atoms with Crippen LogP contribution in [0.2, 0.25) is 0 Å². The molecule has 7 nitrogen and oxygen atoms in total. The van der Waals surface area contributed by atoms with Crippen LogP contribution in [-0.4, -0.2) is 50.4 Å². The van der Waals surface area contributed by atoms with Crippen LogP contribution in [0.3, 0.4) is 0 Å². The number of nitrogens with zero attached hydrogens (tertiary/aromatic N) is 1. The summed E-state index contributed by atoms with van der Waals surface area (Å²) in [6.07, 6.45) is 5.36. The van der Waals surface area contributed by atoms with E-state index in [0.29, 0.717) is 13.0 Å². The second-order valence-corrected chi connectivity index (χ2v) is 6.31. The first kappa shape index (κ1) is 16.8. The first-order valence-corrected chi connectivity index (χ1v) is 8.12. The Hall–Kier alpha value is -0.250. The molecule has 0 bridgehead atoms. The van der Waals surface area contributed by atoms with E-state index in [4.69, 9.17) is 14.1 Å². The van der Waals surface area contributed by atoms with Crippen LogP contribution in [0.15, 0.2) is 0 Å². The van der Waals surface area contributed by atoms with Crippen LogP contribution in [0.25, 0.3) is 0 Å². The molecule has 0 aromatic heterocycles. The fourth-order valence-electron chi connectivity index (χ4n) is 2.40. The van der Waals surface area contributed by atoms with E-state index in [1.807, 2.05) is 0 Å². The quantitative estimate of drug-likeness (QED) is 0.298. The maximum Gasteiger partial charge on any atom is 0.264 e. The van der Waals surface area contributed by atoms with Crippen LogP contribution in [-0.2, 0) is 19.7 Å². The van der Waals surface area contributed by atoms with Gasteiger partial charge >= 0.3 is 0 Å². The van der Waals surface area contributed by atoms with Crippen molar-refractivity contribution in [3.8, 4) is 0 Å². The molecule has 19 heavy (non-hydrogen) atoms. The van der Waals surface area contributed by atoms with E-state index in [-0.39, 0.29) is 5.75 Å². The Morgan fingerprint density at radius 1 is 1.26 bits per heavy atom. The molecule has 0 amide bonds. The number of ether oxygens (including phenoxy) is 1. The Morgan fingerprint density at radius 3 is 2.37 bits per heavy atom. The van der Waals surface area contributed by atoms with Gasteiger partial charge in [0, 0.05) is 13.7 Å². The number of hydrogen-bond acceptors (Lipinski definition) is 6. The molecule has 8 heteroatoms. The normalized spacial score (nSPS) is 19.8. The van der Waals surface area contributed by atoms with E-state index in [0.717, 1.165) is 25.7 Å². The largest absolute Gasteiger partial charge is 0.360 e. The van der Waals surface area contributed by atoms with Crippen LogP contribution >= 0.6 is 0 Å². The van der Waals surface area contributed by atoms with Crippen molar-refractivity contribution >= 4 is 10.1 Å². The molecule has 1 aliphatic carbocycles. The molecule has 2 N–H and O–H groups in total. The van der Waals surface area contributed by atoms with Crippen molar-refractivity contribution in [2.24, 2.45) is 0 Å². The van der Waals surface area contributed by atoms with Gasteiger partial charge in [0.05, 0.1) is 12.9 Å². The Labute approximate surface area is 114 Å². The van der Waals surface area contributed by atoms with Crippen molar-refractivity contribution in [3.63, 3.8) is 0 Å². The average molecular weight is 296 g/mol. The maximum atomic E-state index is 10.6. The molecule has 0 aliphatic heterocycles. The third-order valence-electron chi connectivity index (χ3n) is 3.40. The molecule has 114 valence electrons. The molecule has 1 aliphatic rings. The summed E-state index contributed by atoms with van der Waals surface area (Å²) < 4.78 is 35.5. The Kier molecular flexibility index (Phi) is 6.64. The molecule has 1 rings (SSSR count). The fraction of sp³-hybridized carbons (Fsp3) is 1.00. The summed E-state index contributed by atoms with van der Waals surface area (Å²) in [7, 11) is -0.708. The molecule has 1 fully saturated rings. The predicted octanol–water partition coefficient (Wildman–Crippen LogP) is 0.939. The molecule has 0 saturated heterocycles. The average Bonchev–Trinajstić information content (AvgIpc) is 2.38. The van der Waals surface area contributed by atoms with Gasteiger partial charge in [-0.1, -0.05) is 11.6 Å². The van der Waals surface area contributed by atoms with Gasteiger partial charge in [0.25, 0.3) is 10.1 Å². The van der Waals surface area contributed by atoms with E-state index >= 15 is 0 Å². The molecule has 0 atom stereocenters. The van der Waals surface area contributed by atoms with Gasteiger partial charge in [-0.05, 0) is 32.1 Å². The van der Waals surface area contributed by atoms with Crippen LogP contribution in [0, 0.1) is 0 Å². The molecule has 0 aromatic carbocycles. The standard InChI is InChI=1S/C11H24N2O5S/c1-17-11(7-4-3-5-8-11)13(18-2)12-9-6-10-19(14,15)16/h12H,3-10H2,1-2H3,(H,14,15,16). The van der Waals surface area contributed by atoms with Crippen LogP contribution in [0.5, 0.6) is 0 Å². The SMILES string of the molecule is CON(NCCCS(=O)(=O)O)C1(OC)CCCCC1. The molecule has 0 unspecified atom stereocenters. The zero-order valence-electron chi connectivity index (χ0n) is 11.6. The van der Waals surface area contributed by atoms with Gasteiger partial charge in [-0.3, -0.25) is 9.39 Å². The van der Waals surface area contributed by atoms with Crippen LogP contribution in [0.4, 0.5) is 0 Å². The number of methoxy groups -OCH3 is 1. The number of nitrogens with one attached hydrogen (secondary N) is 1. The second-order valence-electron chi connectivity index (χ2n) is 4.74. The Balaban J connectivity index is 2.47. The third-order valence-corrected chi connectivity index (χ3v) is 4.21. The highest BCUT2D eigenvalue weighted by molar-refractivity contribution is 7.85. The lowest BCUT2D eigenvalue weighted by Crippen LogP contribution is -2.57. The van der Waals surface area contributed by atoms with Crippen molar-refractivity contribution in [1.29, 1.82) is 0 Å². The van der Waals surface area contributed by atoms with Crippen molar-refractivity contribution in [3.05, 3.63) is 0 Å². The van der Waals surface area contributed by atoms with Gasteiger partial charge < -0.3 is 4.74 Å². The highest BCUT2D eigenvalue weighted by atomic mass is 32.2. The van der Waals surface area contributed by atoms with Gasteiger partial charge in [-0.2, -0.15) is 8.42 Å². The number of hydroxylamine groups is 1. The molecule has 1 saturated carbocycles. The van der Waals surface area contributed by atoms with Gasteiger partial charge in [0.2, 0.25) is 0 Å². The summed E-state index contributed by atoms with van der Waals surface area (Å²) in [6.45, 7) is 0.388. The minimum atomic E-state index is -3.91. The zero-order chi connectivity index (χ0) is 14.4. The van der Waals surface area contributed by atoms with E-state index in [1.54, 1.807) is 19.4 Å². The third kappa shape index (κ3) is 5.33. The monoisotopic (exact) mass is 296 g/mol. The number of hydrazine groups is 1. The van der Waals surface area contributed by atoms with E-state index < -0.39 is 15.8 Å². The summed E-state index contributed by atoms with van der Waals surface area (Å²) in [6, 6.07) is 0. The topological polar surface area (TPSA) is 88.1 Å². The second kappa shape index (κ2) is 7.51. The summed E-state index contributed by atoms with van der Waals surface area (Å²) in [5, 5.41) is 1.57. The molecule has 0 spiro atoms. The molecule has 0 heterocycles. The van der Waals surface area contributed by atoms with E-state index in [2.05, 4.69) is 5.43 Å². The first-order valence-electron chi connectivity index (χ1n) is 6.52. The number of rotatable bonds is 8. The van der Waals surface area contributed by atoms with Gasteiger partial charge in [-0.25, -0.2) is 5.43 Å². The fourth-order valence-corrected chi connectivity index (χ4v) is 2.91. The van der Waals surface area contributed by atoms with Crippen LogP contribution < -0.4 is 5.43 Å². The van der Waals surface area contributed by atoms with Crippen LogP contribution in [0.1, 0.15) is 38.5 Å². The Bertz CT molecular complexity index is 354. The van der Waals surface area contributed by atoms with Crippen molar-refractivity contribution in [1.82, 2.24) is 10.6 Å². The zero-order valence-corrected chi connectivity index (χ0v) is 12.4. The van der Waals surface area contributed by atoms with Gasteiger partial charge in [0.15, 0.2) is 5.72 Å². The summed E-state index contributed by atoms with van der Waals surface area (Å²) in [5.74, 6) is -0.266. The van der Waals surface area contributed by atoms with Gasteiger partial charge in [-0.15, -0.1) is 0 Å². The van der Waals surface area contributed by atoms with Crippen molar-refractivity contribution in [2.75, 3.05) is 26.5 Å². The first-order chi connectivity index (χ1) is 8.93. The van der Waals surface area contributed by atoms with Crippen molar-refractivity contribution in [2.45, 2.75) is 44.2 Å². The highest BCUT2D eigenvalue weighted by Crippen LogP contribution is 2.33. The smallest absolute Gasteiger partial charge is 0.264 e. The minimum Gasteiger partial charge on any atom is -0.360 e. The molecule has 0 aromatic rings. The summed E-state index contributed by atoms with van der Waals surface area (Å²) in [4.78, 5) is 5.30. The lowest BCUT2D eigenvalue weighted by atomic mass is 9.92.